The number of aromatic nitrogens is 2. The molecule has 4 rings (SSSR count). The Morgan fingerprint density at radius 1 is 1.12 bits per heavy atom. The molecule has 0 aliphatic carbocycles. The number of rotatable bonds is 3. The molecule has 0 radical (unpaired) electrons. The van der Waals surface area contributed by atoms with Gasteiger partial charge in [0.05, 0.1) is 18.8 Å². The SMILES string of the molecule is COc1ccc(-c2n[nH]c3c2[C@H](c2ccccc2F)NC3=O)cc1. The van der Waals surface area contributed by atoms with E-state index >= 15 is 0 Å². The summed E-state index contributed by atoms with van der Waals surface area (Å²) in [6, 6.07) is 13.2. The number of carbonyl (C=O) groups excluding carboxylic acids is 1. The Balaban J connectivity index is 1.84. The number of nitrogens with one attached hydrogen (secondary N) is 2. The first-order valence-corrected chi connectivity index (χ1v) is 7.47. The number of halogens is 1. The van der Waals surface area contributed by atoms with Gasteiger partial charge in [-0.2, -0.15) is 5.10 Å². The van der Waals surface area contributed by atoms with Crippen LogP contribution in [0.5, 0.6) is 5.75 Å². The molecular weight excluding hydrogens is 309 g/mol. The van der Waals surface area contributed by atoms with Crippen LogP contribution in [-0.4, -0.2) is 23.2 Å². The fourth-order valence-corrected chi connectivity index (χ4v) is 2.99. The number of H-pyrrole nitrogens is 1. The third kappa shape index (κ3) is 2.15. The maximum atomic E-state index is 14.2. The average Bonchev–Trinajstić information content (AvgIpc) is 3.17. The van der Waals surface area contributed by atoms with Gasteiger partial charge < -0.3 is 10.1 Å². The van der Waals surface area contributed by atoms with E-state index in [9.17, 15) is 9.18 Å². The molecule has 2 heterocycles. The van der Waals surface area contributed by atoms with Gasteiger partial charge in [0, 0.05) is 16.7 Å². The Hall–Kier alpha value is -3.15. The van der Waals surface area contributed by atoms with Crippen LogP contribution in [0.4, 0.5) is 4.39 Å². The number of nitrogens with zero attached hydrogens (tertiary/aromatic N) is 1. The molecule has 0 unspecified atom stereocenters. The summed E-state index contributed by atoms with van der Waals surface area (Å²) in [5, 5.41) is 9.85. The minimum atomic E-state index is -0.565. The van der Waals surface area contributed by atoms with Crippen molar-refractivity contribution in [1.82, 2.24) is 15.5 Å². The first-order valence-electron chi connectivity index (χ1n) is 7.47. The minimum Gasteiger partial charge on any atom is -0.497 e. The molecule has 0 saturated heterocycles. The quantitative estimate of drug-likeness (QED) is 0.778. The molecule has 1 aliphatic rings. The van der Waals surface area contributed by atoms with Gasteiger partial charge in [0.25, 0.3) is 5.91 Å². The molecule has 3 aromatic rings. The Bertz CT molecular complexity index is 918. The molecule has 0 bridgehead atoms. The van der Waals surface area contributed by atoms with Crippen molar-refractivity contribution in [3.05, 3.63) is 71.2 Å². The molecule has 5 nitrogen and oxygen atoms in total. The predicted molar refractivity (Wildman–Crippen MR) is 86.3 cm³/mol. The molecule has 0 spiro atoms. The molecule has 1 aromatic heterocycles. The highest BCUT2D eigenvalue weighted by Crippen LogP contribution is 2.38. The molecule has 2 N–H and O–H groups in total. The third-order valence-electron chi connectivity index (χ3n) is 4.17. The number of carbonyl (C=O) groups is 1. The van der Waals surface area contributed by atoms with Crippen LogP contribution in [0.3, 0.4) is 0 Å². The van der Waals surface area contributed by atoms with Crippen molar-refractivity contribution in [3.63, 3.8) is 0 Å². The number of aromatic amines is 1. The van der Waals surface area contributed by atoms with Crippen molar-refractivity contribution in [2.24, 2.45) is 0 Å². The van der Waals surface area contributed by atoms with Crippen LogP contribution in [0.25, 0.3) is 11.3 Å². The van der Waals surface area contributed by atoms with E-state index in [-0.39, 0.29) is 11.7 Å². The predicted octanol–water partition coefficient (Wildman–Crippen LogP) is 3.06. The van der Waals surface area contributed by atoms with Gasteiger partial charge in [-0.05, 0) is 30.3 Å². The van der Waals surface area contributed by atoms with Crippen molar-refractivity contribution in [2.45, 2.75) is 6.04 Å². The van der Waals surface area contributed by atoms with E-state index in [1.165, 1.54) is 6.07 Å². The minimum absolute atomic E-state index is 0.287. The summed E-state index contributed by atoms with van der Waals surface area (Å²) in [6.07, 6.45) is 0. The summed E-state index contributed by atoms with van der Waals surface area (Å²) in [5.41, 5.74) is 2.90. The van der Waals surface area contributed by atoms with Gasteiger partial charge in [-0.3, -0.25) is 9.89 Å². The van der Waals surface area contributed by atoms with Crippen molar-refractivity contribution in [3.8, 4) is 17.0 Å². The fraction of sp³-hybridized carbons (Fsp3) is 0.111. The average molecular weight is 323 g/mol. The zero-order valence-electron chi connectivity index (χ0n) is 12.8. The lowest BCUT2D eigenvalue weighted by molar-refractivity contribution is 0.0955. The monoisotopic (exact) mass is 323 g/mol. The second-order valence-electron chi connectivity index (χ2n) is 5.52. The number of hydrogen-bond donors (Lipinski definition) is 2. The van der Waals surface area contributed by atoms with Crippen molar-refractivity contribution in [2.75, 3.05) is 7.11 Å². The van der Waals surface area contributed by atoms with E-state index < -0.39 is 6.04 Å². The highest BCUT2D eigenvalue weighted by atomic mass is 19.1. The van der Waals surface area contributed by atoms with Crippen LogP contribution in [0.2, 0.25) is 0 Å². The second kappa shape index (κ2) is 5.49. The van der Waals surface area contributed by atoms with Gasteiger partial charge in [-0.25, -0.2) is 4.39 Å². The van der Waals surface area contributed by atoms with Gasteiger partial charge in [-0.15, -0.1) is 0 Å². The highest BCUT2D eigenvalue weighted by molar-refractivity contribution is 6.00. The summed E-state index contributed by atoms with van der Waals surface area (Å²) < 4.78 is 19.4. The summed E-state index contributed by atoms with van der Waals surface area (Å²) in [7, 11) is 1.60. The van der Waals surface area contributed by atoms with Gasteiger partial charge in [0.2, 0.25) is 0 Å². The Morgan fingerprint density at radius 3 is 2.58 bits per heavy atom. The van der Waals surface area contributed by atoms with Crippen LogP contribution in [0.1, 0.15) is 27.7 Å². The number of ether oxygens (including phenoxy) is 1. The zero-order valence-corrected chi connectivity index (χ0v) is 12.8. The fourth-order valence-electron chi connectivity index (χ4n) is 2.99. The largest absolute Gasteiger partial charge is 0.497 e. The normalized spacial score (nSPS) is 15.9. The molecule has 1 aliphatic heterocycles. The van der Waals surface area contributed by atoms with E-state index in [1.807, 2.05) is 24.3 Å². The first-order chi connectivity index (χ1) is 11.7. The number of methoxy groups -OCH3 is 1. The molecule has 2 aromatic carbocycles. The molecule has 24 heavy (non-hydrogen) atoms. The van der Waals surface area contributed by atoms with Gasteiger partial charge in [0.1, 0.15) is 17.3 Å². The van der Waals surface area contributed by atoms with Crippen LogP contribution in [-0.2, 0) is 0 Å². The van der Waals surface area contributed by atoms with E-state index in [4.69, 9.17) is 4.74 Å². The summed E-state index contributed by atoms with van der Waals surface area (Å²) >= 11 is 0. The van der Waals surface area contributed by atoms with Crippen LogP contribution in [0.15, 0.2) is 48.5 Å². The standard InChI is InChI=1S/C18H14FN3O2/c1-24-11-8-6-10(7-9-11)15-14-16(12-4-2-3-5-13(12)19)20-18(23)17(14)22-21-15/h2-9,16H,1H3,(H,20,23)(H,21,22)/t16-/m0/s1. The molecular formula is C18H14FN3O2. The van der Waals surface area contributed by atoms with Crippen LogP contribution >= 0.6 is 0 Å². The lowest BCUT2D eigenvalue weighted by Crippen LogP contribution is -2.21. The molecule has 6 heteroatoms. The number of benzene rings is 2. The van der Waals surface area contributed by atoms with Gasteiger partial charge in [0.15, 0.2) is 0 Å². The number of fused-ring (bicyclic) bond motifs is 1. The van der Waals surface area contributed by atoms with E-state index in [1.54, 1.807) is 25.3 Å². The van der Waals surface area contributed by atoms with Crippen molar-refractivity contribution >= 4 is 5.91 Å². The van der Waals surface area contributed by atoms with Crippen LogP contribution in [0, 0.1) is 5.82 Å². The van der Waals surface area contributed by atoms with E-state index in [0.717, 1.165) is 11.3 Å². The summed E-state index contributed by atoms with van der Waals surface area (Å²) in [4.78, 5) is 12.2. The van der Waals surface area contributed by atoms with E-state index in [2.05, 4.69) is 15.5 Å². The smallest absolute Gasteiger partial charge is 0.270 e. The molecule has 0 saturated carbocycles. The molecule has 1 atom stereocenters. The van der Waals surface area contributed by atoms with Gasteiger partial charge in [-0.1, -0.05) is 18.2 Å². The molecule has 0 fully saturated rings. The maximum absolute atomic E-state index is 14.2. The first kappa shape index (κ1) is 14.4. The topological polar surface area (TPSA) is 67.0 Å². The number of amides is 1. The van der Waals surface area contributed by atoms with Crippen molar-refractivity contribution in [1.29, 1.82) is 0 Å². The highest BCUT2D eigenvalue weighted by Gasteiger charge is 2.36. The van der Waals surface area contributed by atoms with Gasteiger partial charge >= 0.3 is 0 Å². The maximum Gasteiger partial charge on any atom is 0.270 e. The second-order valence-corrected chi connectivity index (χ2v) is 5.52. The summed E-state index contributed by atoms with van der Waals surface area (Å²) in [6.45, 7) is 0. The Labute approximate surface area is 137 Å². The molecule has 120 valence electrons. The molecule has 1 amide bonds. The zero-order chi connectivity index (χ0) is 16.7. The lowest BCUT2D eigenvalue weighted by Gasteiger charge is -2.14. The van der Waals surface area contributed by atoms with Crippen molar-refractivity contribution < 1.29 is 13.9 Å². The third-order valence-corrected chi connectivity index (χ3v) is 4.17. The lowest BCUT2D eigenvalue weighted by atomic mass is 9.96. The van der Waals surface area contributed by atoms with E-state index in [0.29, 0.717) is 22.5 Å². The Morgan fingerprint density at radius 2 is 1.88 bits per heavy atom. The number of hydrogen-bond acceptors (Lipinski definition) is 3. The summed E-state index contributed by atoms with van der Waals surface area (Å²) in [5.74, 6) is 0.0776. The Kier molecular flexibility index (Phi) is 3.30. The van der Waals surface area contributed by atoms with Crippen LogP contribution < -0.4 is 10.1 Å².